The Hall–Kier alpha value is -1.52. The molecule has 0 heterocycles. The first-order valence-electron chi connectivity index (χ1n) is 8.66. The third-order valence-corrected chi connectivity index (χ3v) is 5.00. The Morgan fingerprint density at radius 3 is 1.63 bits per heavy atom. The molecular weight excluding hydrogens is 493 g/mol. The predicted molar refractivity (Wildman–Crippen MR) is 110 cm³/mol. The van der Waals surface area contributed by atoms with E-state index in [1.807, 2.05) is 0 Å². The summed E-state index contributed by atoms with van der Waals surface area (Å²) in [4.78, 5) is 0. The fraction of sp³-hybridized carbons (Fsp3) is 0.143. The maximum absolute atomic E-state index is 12.9. The second-order valence-corrected chi connectivity index (χ2v) is 7.50. The van der Waals surface area contributed by atoms with E-state index in [-0.39, 0.29) is 51.0 Å². The van der Waals surface area contributed by atoms with Crippen LogP contribution in [0.1, 0.15) is 6.92 Å². The number of hydrogen-bond acceptors (Lipinski definition) is 4. The number of rotatable bonds is 6. The van der Waals surface area contributed by atoms with E-state index >= 15 is 0 Å². The van der Waals surface area contributed by atoms with E-state index in [4.69, 9.17) is 4.74 Å². The zero-order valence-corrected chi connectivity index (χ0v) is 20.3. The molecule has 0 saturated carbocycles. The molecule has 154 valence electrons. The van der Waals surface area contributed by atoms with Gasteiger partial charge in [-0.05, 0) is 30.2 Å². The fourth-order valence-electron chi connectivity index (χ4n) is 2.86. The molecule has 0 fully saturated rings. The van der Waals surface area contributed by atoms with Gasteiger partial charge in [0.1, 0.15) is 5.75 Å². The molecule has 0 aliphatic heterocycles. The average Bonchev–Trinajstić information content (AvgIpc) is 2.69. The first-order valence-corrected chi connectivity index (χ1v) is 10.1. The van der Waals surface area contributed by atoms with Gasteiger partial charge in [-0.25, -0.2) is 0 Å². The standard InChI is InChI=1S/C21H17F3O4S.Sr/c1-2-27-17-13-14-18(28-29(25,26)21(22,23)24)20(16-11-7-4-8-12-16)19(17)15-9-5-3-6-10-15;/h3-14H,2H2,1H3;. The van der Waals surface area contributed by atoms with Crippen molar-refractivity contribution in [3.63, 3.8) is 0 Å². The molecule has 3 aromatic carbocycles. The van der Waals surface area contributed by atoms with Crippen molar-refractivity contribution < 1.29 is 30.5 Å². The van der Waals surface area contributed by atoms with Gasteiger partial charge in [0.15, 0.2) is 5.75 Å². The van der Waals surface area contributed by atoms with Gasteiger partial charge in [0.25, 0.3) is 0 Å². The van der Waals surface area contributed by atoms with Crippen LogP contribution >= 0.6 is 0 Å². The Kier molecular flexibility index (Phi) is 8.41. The molecule has 30 heavy (non-hydrogen) atoms. The van der Waals surface area contributed by atoms with Crippen LogP contribution in [0.15, 0.2) is 72.8 Å². The summed E-state index contributed by atoms with van der Waals surface area (Å²) in [5, 5.41) is 0. The summed E-state index contributed by atoms with van der Waals surface area (Å²) in [6.45, 7) is 2.09. The molecule has 0 amide bonds. The van der Waals surface area contributed by atoms with Gasteiger partial charge in [0, 0.05) is 56.6 Å². The van der Waals surface area contributed by atoms with Crippen molar-refractivity contribution in [1.29, 1.82) is 0 Å². The Balaban J connectivity index is 0.00000320. The first kappa shape index (κ1) is 24.7. The molecule has 3 rings (SSSR count). The van der Waals surface area contributed by atoms with Crippen LogP contribution in [0.3, 0.4) is 0 Å². The van der Waals surface area contributed by atoms with Crippen LogP contribution < -0.4 is 8.92 Å². The van der Waals surface area contributed by atoms with Crippen molar-refractivity contribution in [2.45, 2.75) is 12.4 Å². The minimum atomic E-state index is -5.85. The molecule has 4 nitrogen and oxygen atoms in total. The zero-order valence-electron chi connectivity index (χ0n) is 16.0. The van der Waals surface area contributed by atoms with Gasteiger partial charge < -0.3 is 8.92 Å². The van der Waals surface area contributed by atoms with Crippen molar-refractivity contribution in [2.24, 2.45) is 0 Å². The van der Waals surface area contributed by atoms with Crippen LogP contribution in [0.5, 0.6) is 11.5 Å². The number of alkyl halides is 3. The second kappa shape index (κ2) is 10.2. The SMILES string of the molecule is CCOc1ccc(OS(=O)(=O)C(F)(F)F)c(-c2ccccc2)c1-c1ccccc1.[Sr]. The third kappa shape index (κ3) is 5.39. The minimum Gasteiger partial charge on any atom is -0.493 e. The monoisotopic (exact) mass is 510 g/mol. The van der Waals surface area contributed by atoms with Crippen LogP contribution in [-0.2, 0) is 10.1 Å². The van der Waals surface area contributed by atoms with Gasteiger partial charge >= 0.3 is 15.6 Å². The van der Waals surface area contributed by atoms with E-state index in [2.05, 4.69) is 4.18 Å². The van der Waals surface area contributed by atoms with E-state index in [1.165, 1.54) is 12.1 Å². The Labute approximate surface area is 210 Å². The quantitative estimate of drug-likeness (QED) is 0.258. The number of benzene rings is 3. The molecule has 0 spiro atoms. The van der Waals surface area contributed by atoms with E-state index < -0.39 is 21.4 Å². The van der Waals surface area contributed by atoms with E-state index in [0.717, 1.165) is 0 Å². The Morgan fingerprint density at radius 1 is 0.767 bits per heavy atom. The second-order valence-electron chi connectivity index (χ2n) is 5.96. The molecule has 9 heteroatoms. The molecule has 0 atom stereocenters. The Bertz CT molecular complexity index is 1090. The topological polar surface area (TPSA) is 52.6 Å². The minimum absolute atomic E-state index is 0. The normalized spacial score (nSPS) is 11.5. The van der Waals surface area contributed by atoms with Gasteiger partial charge in [-0.15, -0.1) is 0 Å². The summed E-state index contributed by atoms with van der Waals surface area (Å²) in [5.74, 6) is -0.0369. The van der Waals surface area contributed by atoms with E-state index in [9.17, 15) is 21.6 Å². The summed E-state index contributed by atoms with van der Waals surface area (Å²) in [6.07, 6.45) is 0. The molecule has 2 radical (unpaired) electrons. The van der Waals surface area contributed by atoms with Gasteiger partial charge in [-0.2, -0.15) is 21.6 Å². The van der Waals surface area contributed by atoms with Crippen LogP contribution in [-0.4, -0.2) is 66.0 Å². The van der Waals surface area contributed by atoms with Crippen molar-refractivity contribution in [3.8, 4) is 33.8 Å². The van der Waals surface area contributed by atoms with E-state index in [1.54, 1.807) is 67.6 Å². The maximum Gasteiger partial charge on any atom is 0.534 e. The van der Waals surface area contributed by atoms with E-state index in [0.29, 0.717) is 29.0 Å². The fourth-order valence-corrected chi connectivity index (χ4v) is 3.33. The van der Waals surface area contributed by atoms with Gasteiger partial charge in [-0.1, -0.05) is 60.7 Å². The molecule has 3 aromatic rings. The molecule has 0 bridgehead atoms. The van der Waals surface area contributed by atoms with Crippen LogP contribution in [0.25, 0.3) is 22.3 Å². The van der Waals surface area contributed by atoms with Crippen molar-refractivity contribution >= 4 is 55.6 Å². The zero-order chi connectivity index (χ0) is 21.1. The summed E-state index contributed by atoms with van der Waals surface area (Å²) in [7, 11) is -5.85. The maximum atomic E-state index is 12.9. The average molecular weight is 510 g/mol. The molecule has 0 N–H and O–H groups in total. The summed E-state index contributed by atoms with van der Waals surface area (Å²) in [6, 6.07) is 19.8. The van der Waals surface area contributed by atoms with Gasteiger partial charge in [0.05, 0.1) is 6.61 Å². The van der Waals surface area contributed by atoms with Crippen molar-refractivity contribution in [3.05, 3.63) is 72.8 Å². The van der Waals surface area contributed by atoms with Gasteiger partial charge in [0.2, 0.25) is 0 Å². The first-order chi connectivity index (χ1) is 13.7. The number of ether oxygens (including phenoxy) is 1. The molecular formula is C21H17F3O4SSr. The van der Waals surface area contributed by atoms with Crippen molar-refractivity contribution in [2.75, 3.05) is 6.61 Å². The van der Waals surface area contributed by atoms with Crippen molar-refractivity contribution in [1.82, 2.24) is 0 Å². The Morgan fingerprint density at radius 2 is 1.20 bits per heavy atom. The predicted octanol–water partition coefficient (Wildman–Crippen LogP) is 5.27. The number of hydrogen-bond donors (Lipinski definition) is 0. The summed E-state index contributed by atoms with van der Waals surface area (Å²) in [5.41, 5.74) is -3.79. The van der Waals surface area contributed by atoms with Gasteiger partial charge in [-0.3, -0.25) is 0 Å². The molecule has 0 unspecified atom stereocenters. The third-order valence-electron chi connectivity index (χ3n) is 4.04. The number of halogens is 3. The van der Waals surface area contributed by atoms with Crippen LogP contribution in [0.4, 0.5) is 13.2 Å². The summed E-state index contributed by atoms with van der Waals surface area (Å²) >= 11 is 0. The molecule has 0 aromatic heterocycles. The molecule has 0 saturated heterocycles. The summed E-state index contributed by atoms with van der Waals surface area (Å²) < 4.78 is 72.4. The smallest absolute Gasteiger partial charge is 0.493 e. The van der Waals surface area contributed by atoms with Crippen LogP contribution in [0, 0.1) is 0 Å². The molecule has 0 aliphatic rings. The van der Waals surface area contributed by atoms with Crippen LogP contribution in [0.2, 0.25) is 0 Å². The largest absolute Gasteiger partial charge is 0.534 e. The molecule has 0 aliphatic carbocycles.